The Kier molecular flexibility index (Phi) is 3.97. The number of nitrogens with one attached hydrogen (secondary N) is 1. The van der Waals surface area contributed by atoms with Gasteiger partial charge in [0.25, 0.3) is 5.56 Å². The largest absolute Gasteiger partial charge is 0.317 e. The molecule has 1 aromatic carbocycles. The Morgan fingerprint density at radius 1 is 1.09 bits per heavy atom. The zero-order chi connectivity index (χ0) is 14.9. The molecule has 3 nitrogen and oxygen atoms in total. The van der Waals surface area contributed by atoms with E-state index in [0.29, 0.717) is 5.25 Å². The van der Waals surface area contributed by atoms with E-state index in [1.54, 1.807) is 0 Å². The number of fused-ring (bicyclic) bond motifs is 1. The van der Waals surface area contributed by atoms with Gasteiger partial charge >= 0.3 is 0 Å². The summed E-state index contributed by atoms with van der Waals surface area (Å²) in [5, 5.41) is 6.09. The molecule has 0 atom stereocenters. The number of thioether (sulfide) groups is 1. The number of rotatable bonds is 4. The first-order valence-corrected chi connectivity index (χ1v) is 9.19. The Morgan fingerprint density at radius 2 is 1.82 bits per heavy atom. The third-order valence-corrected chi connectivity index (χ3v) is 6.07. The van der Waals surface area contributed by atoms with Gasteiger partial charge in [-0.3, -0.25) is 4.79 Å². The van der Waals surface area contributed by atoms with Crippen molar-refractivity contribution >= 4 is 22.5 Å². The molecule has 1 saturated carbocycles. The lowest BCUT2D eigenvalue weighted by molar-refractivity contribution is 0.531. The van der Waals surface area contributed by atoms with Crippen molar-refractivity contribution in [1.82, 2.24) is 9.88 Å². The summed E-state index contributed by atoms with van der Waals surface area (Å²) in [6, 6.07) is 8.10. The lowest BCUT2D eigenvalue weighted by Crippen LogP contribution is -2.29. The van der Waals surface area contributed by atoms with Crippen molar-refractivity contribution in [2.24, 2.45) is 5.92 Å². The lowest BCUT2D eigenvalue weighted by atomic mass is 10.1. The summed E-state index contributed by atoms with van der Waals surface area (Å²) in [6.07, 6.45) is 7.09. The summed E-state index contributed by atoms with van der Waals surface area (Å²) < 4.78 is 1.96. The molecule has 2 heterocycles. The topological polar surface area (TPSA) is 34.0 Å². The molecule has 2 aromatic rings. The standard InChI is InChI=1S/C18H22N2OS/c21-18-16-4-2-1-3-15(16)17(12-20(18)11-13-5-6-13)22-14-7-9-19-10-8-14/h1-4,12-14,19H,5-11H2. The number of hydrogen-bond acceptors (Lipinski definition) is 3. The van der Waals surface area contributed by atoms with Crippen molar-refractivity contribution in [3.05, 3.63) is 40.8 Å². The first-order valence-electron chi connectivity index (χ1n) is 8.31. The van der Waals surface area contributed by atoms with Crippen molar-refractivity contribution in [2.75, 3.05) is 13.1 Å². The lowest BCUT2D eigenvalue weighted by Gasteiger charge is -2.23. The molecule has 1 aliphatic carbocycles. The average Bonchev–Trinajstić information content (AvgIpc) is 3.37. The minimum absolute atomic E-state index is 0.178. The van der Waals surface area contributed by atoms with Crippen molar-refractivity contribution in [3.8, 4) is 0 Å². The van der Waals surface area contributed by atoms with Gasteiger partial charge in [-0.15, -0.1) is 11.8 Å². The Hall–Kier alpha value is -1.26. The highest BCUT2D eigenvalue weighted by Crippen LogP contribution is 2.34. The van der Waals surface area contributed by atoms with Crippen LogP contribution in [0.2, 0.25) is 0 Å². The molecule has 0 radical (unpaired) electrons. The second-order valence-electron chi connectivity index (χ2n) is 6.51. The molecular formula is C18H22N2OS. The van der Waals surface area contributed by atoms with E-state index in [0.717, 1.165) is 36.3 Å². The molecule has 0 unspecified atom stereocenters. The molecule has 4 heteroatoms. The van der Waals surface area contributed by atoms with Crippen LogP contribution in [0.25, 0.3) is 10.8 Å². The van der Waals surface area contributed by atoms with Gasteiger partial charge < -0.3 is 9.88 Å². The van der Waals surface area contributed by atoms with Gasteiger partial charge in [0, 0.05) is 33.7 Å². The number of aromatic nitrogens is 1. The Balaban J connectivity index is 1.73. The van der Waals surface area contributed by atoms with Crippen LogP contribution in [0.4, 0.5) is 0 Å². The first-order chi connectivity index (χ1) is 10.8. The fourth-order valence-corrected chi connectivity index (χ4v) is 4.53. The minimum atomic E-state index is 0.178. The Labute approximate surface area is 135 Å². The summed E-state index contributed by atoms with van der Waals surface area (Å²) >= 11 is 1.96. The molecule has 0 spiro atoms. The molecule has 1 N–H and O–H groups in total. The third-order valence-electron chi connectivity index (χ3n) is 4.69. The van der Waals surface area contributed by atoms with Crippen molar-refractivity contribution in [3.63, 3.8) is 0 Å². The average molecular weight is 314 g/mol. The van der Waals surface area contributed by atoms with Gasteiger partial charge in [0.2, 0.25) is 0 Å². The van der Waals surface area contributed by atoms with Gasteiger partial charge in [-0.1, -0.05) is 18.2 Å². The molecule has 116 valence electrons. The highest BCUT2D eigenvalue weighted by molar-refractivity contribution is 8.00. The smallest absolute Gasteiger partial charge is 0.258 e. The molecule has 0 amide bonds. The number of nitrogens with zero attached hydrogens (tertiary/aromatic N) is 1. The Bertz CT molecular complexity index is 729. The first kappa shape index (κ1) is 14.3. The summed E-state index contributed by atoms with van der Waals surface area (Å²) in [5.74, 6) is 0.718. The molecule has 1 saturated heterocycles. The van der Waals surface area contributed by atoms with E-state index >= 15 is 0 Å². The number of piperidine rings is 1. The summed E-state index contributed by atoms with van der Waals surface area (Å²) in [7, 11) is 0. The van der Waals surface area contributed by atoms with Crippen molar-refractivity contribution in [1.29, 1.82) is 0 Å². The summed E-state index contributed by atoms with van der Waals surface area (Å²) in [4.78, 5) is 14.0. The van der Waals surface area contributed by atoms with Crippen LogP contribution < -0.4 is 10.9 Å². The molecule has 4 rings (SSSR count). The van der Waals surface area contributed by atoms with Crippen LogP contribution in [-0.2, 0) is 6.54 Å². The summed E-state index contributed by atoms with van der Waals surface area (Å²) in [6.45, 7) is 3.11. The molecular weight excluding hydrogens is 292 g/mol. The van der Waals surface area contributed by atoms with Crippen LogP contribution in [-0.4, -0.2) is 22.9 Å². The van der Waals surface area contributed by atoms with E-state index in [1.807, 2.05) is 34.5 Å². The van der Waals surface area contributed by atoms with Crippen LogP contribution in [0.5, 0.6) is 0 Å². The zero-order valence-electron chi connectivity index (χ0n) is 12.8. The van der Waals surface area contributed by atoms with Crippen LogP contribution >= 0.6 is 11.8 Å². The molecule has 1 aliphatic heterocycles. The van der Waals surface area contributed by atoms with E-state index in [-0.39, 0.29) is 5.56 Å². The van der Waals surface area contributed by atoms with Crippen LogP contribution in [0.15, 0.2) is 40.2 Å². The van der Waals surface area contributed by atoms with Gasteiger partial charge in [-0.05, 0) is 50.8 Å². The van der Waals surface area contributed by atoms with E-state index in [2.05, 4.69) is 17.6 Å². The van der Waals surface area contributed by atoms with E-state index in [4.69, 9.17) is 0 Å². The third kappa shape index (κ3) is 2.95. The normalized spacial score (nSPS) is 19.6. The Morgan fingerprint density at radius 3 is 2.55 bits per heavy atom. The molecule has 0 bridgehead atoms. The summed E-state index contributed by atoms with van der Waals surface area (Å²) in [5.41, 5.74) is 0.178. The highest BCUT2D eigenvalue weighted by Gasteiger charge is 2.23. The van der Waals surface area contributed by atoms with Gasteiger partial charge in [0.15, 0.2) is 0 Å². The van der Waals surface area contributed by atoms with E-state index < -0.39 is 0 Å². The van der Waals surface area contributed by atoms with Gasteiger partial charge in [-0.25, -0.2) is 0 Å². The quantitative estimate of drug-likeness (QED) is 0.940. The SMILES string of the molecule is O=c1c2ccccc2c(SC2CCNCC2)cn1CC1CC1. The van der Waals surface area contributed by atoms with Crippen LogP contribution in [0.3, 0.4) is 0 Å². The predicted molar refractivity (Wildman–Crippen MR) is 92.7 cm³/mol. The molecule has 2 aliphatic rings. The minimum Gasteiger partial charge on any atom is -0.317 e. The van der Waals surface area contributed by atoms with Crippen molar-refractivity contribution < 1.29 is 0 Å². The zero-order valence-corrected chi connectivity index (χ0v) is 13.6. The number of hydrogen-bond donors (Lipinski definition) is 1. The maximum atomic E-state index is 12.7. The van der Waals surface area contributed by atoms with Crippen LogP contribution in [0, 0.1) is 5.92 Å². The van der Waals surface area contributed by atoms with E-state index in [9.17, 15) is 4.79 Å². The van der Waals surface area contributed by atoms with Crippen molar-refractivity contribution in [2.45, 2.75) is 42.4 Å². The van der Waals surface area contributed by atoms with E-state index in [1.165, 1.54) is 30.6 Å². The van der Waals surface area contributed by atoms with Gasteiger partial charge in [-0.2, -0.15) is 0 Å². The fourth-order valence-electron chi connectivity index (χ4n) is 3.21. The molecule has 22 heavy (non-hydrogen) atoms. The maximum Gasteiger partial charge on any atom is 0.258 e. The highest BCUT2D eigenvalue weighted by atomic mass is 32.2. The fraction of sp³-hybridized carbons (Fsp3) is 0.500. The number of pyridine rings is 1. The second kappa shape index (κ2) is 6.09. The second-order valence-corrected chi connectivity index (χ2v) is 7.85. The van der Waals surface area contributed by atoms with Gasteiger partial charge in [0.1, 0.15) is 0 Å². The number of benzene rings is 1. The molecule has 2 fully saturated rings. The van der Waals surface area contributed by atoms with Gasteiger partial charge in [0.05, 0.1) is 0 Å². The predicted octanol–water partition coefficient (Wildman–Crippen LogP) is 3.26. The monoisotopic (exact) mass is 314 g/mol. The molecule has 1 aromatic heterocycles. The maximum absolute atomic E-state index is 12.7. The van der Waals surface area contributed by atoms with Crippen LogP contribution in [0.1, 0.15) is 25.7 Å².